The first-order valence-electron chi connectivity index (χ1n) is 8.17. The molecular formula is C20H19ClN2O3. The van der Waals surface area contributed by atoms with Gasteiger partial charge in [-0.25, -0.2) is 4.98 Å². The Labute approximate surface area is 156 Å². The number of benzene rings is 2. The van der Waals surface area contributed by atoms with Crippen LogP contribution in [0.3, 0.4) is 0 Å². The standard InChI is InChI=1S/C20H19ClN2O3/c1-13-5-3-8-16-18(13)22-19(23-20(16)24)17(21)12-14-6-4-7-15(11-14)26-10-9-25-2/h3-8,11-12H,9-10H2,1-2H3,(H,22,23,24)/b17-12-. The molecule has 3 aromatic rings. The summed E-state index contributed by atoms with van der Waals surface area (Å²) >= 11 is 6.41. The molecule has 0 saturated carbocycles. The van der Waals surface area contributed by atoms with Crippen LogP contribution in [0, 0.1) is 6.92 Å². The largest absolute Gasteiger partial charge is 0.491 e. The van der Waals surface area contributed by atoms with Crippen LogP contribution in [0.2, 0.25) is 0 Å². The molecule has 2 aromatic carbocycles. The zero-order chi connectivity index (χ0) is 18.5. The van der Waals surface area contributed by atoms with E-state index in [1.807, 2.05) is 43.3 Å². The van der Waals surface area contributed by atoms with Crippen LogP contribution in [-0.4, -0.2) is 30.3 Å². The molecule has 0 aliphatic heterocycles. The van der Waals surface area contributed by atoms with E-state index in [1.54, 1.807) is 19.3 Å². The van der Waals surface area contributed by atoms with Gasteiger partial charge in [-0.3, -0.25) is 4.79 Å². The van der Waals surface area contributed by atoms with Gasteiger partial charge in [0.2, 0.25) is 0 Å². The number of hydrogen-bond acceptors (Lipinski definition) is 4. The molecule has 6 heteroatoms. The summed E-state index contributed by atoms with van der Waals surface area (Å²) in [5, 5.41) is 0.896. The van der Waals surface area contributed by atoms with Gasteiger partial charge < -0.3 is 14.5 Å². The van der Waals surface area contributed by atoms with Gasteiger partial charge in [-0.2, -0.15) is 0 Å². The van der Waals surface area contributed by atoms with E-state index in [-0.39, 0.29) is 5.56 Å². The molecule has 3 rings (SSSR count). The van der Waals surface area contributed by atoms with E-state index in [4.69, 9.17) is 21.1 Å². The number of para-hydroxylation sites is 1. The maximum atomic E-state index is 12.3. The summed E-state index contributed by atoms with van der Waals surface area (Å²) in [7, 11) is 1.63. The van der Waals surface area contributed by atoms with Crippen LogP contribution in [0.25, 0.3) is 22.0 Å². The highest BCUT2D eigenvalue weighted by Gasteiger charge is 2.08. The molecule has 0 aliphatic rings. The van der Waals surface area contributed by atoms with Crippen molar-refractivity contribution < 1.29 is 9.47 Å². The van der Waals surface area contributed by atoms with Gasteiger partial charge in [-0.15, -0.1) is 0 Å². The molecule has 26 heavy (non-hydrogen) atoms. The number of H-pyrrole nitrogens is 1. The molecule has 0 saturated heterocycles. The molecule has 0 unspecified atom stereocenters. The Morgan fingerprint density at radius 1 is 1.23 bits per heavy atom. The molecule has 1 heterocycles. The second kappa shape index (κ2) is 8.17. The summed E-state index contributed by atoms with van der Waals surface area (Å²) in [6, 6.07) is 13.0. The molecule has 0 fully saturated rings. The van der Waals surface area contributed by atoms with E-state index in [0.29, 0.717) is 35.0 Å². The van der Waals surface area contributed by atoms with Gasteiger partial charge in [-0.05, 0) is 42.3 Å². The summed E-state index contributed by atoms with van der Waals surface area (Å²) in [4.78, 5) is 19.5. The van der Waals surface area contributed by atoms with Crippen molar-refractivity contribution in [2.45, 2.75) is 6.92 Å². The smallest absolute Gasteiger partial charge is 0.259 e. The first kappa shape index (κ1) is 18.2. The lowest BCUT2D eigenvalue weighted by molar-refractivity contribution is 0.146. The molecule has 0 atom stereocenters. The fourth-order valence-corrected chi connectivity index (χ4v) is 2.79. The third kappa shape index (κ3) is 4.12. The molecular weight excluding hydrogens is 352 g/mol. The van der Waals surface area contributed by atoms with Crippen molar-refractivity contribution in [3.8, 4) is 5.75 Å². The second-order valence-corrected chi connectivity index (χ2v) is 6.20. The summed E-state index contributed by atoms with van der Waals surface area (Å²) in [6.45, 7) is 2.90. The Morgan fingerprint density at radius 3 is 2.85 bits per heavy atom. The minimum Gasteiger partial charge on any atom is -0.491 e. The van der Waals surface area contributed by atoms with Gasteiger partial charge in [0.15, 0.2) is 5.82 Å². The number of methoxy groups -OCH3 is 1. The monoisotopic (exact) mass is 370 g/mol. The Hall–Kier alpha value is -2.63. The van der Waals surface area contributed by atoms with E-state index in [2.05, 4.69) is 9.97 Å². The molecule has 0 spiro atoms. The first-order valence-corrected chi connectivity index (χ1v) is 8.55. The van der Waals surface area contributed by atoms with Crippen LogP contribution < -0.4 is 10.3 Å². The zero-order valence-electron chi connectivity index (χ0n) is 14.6. The number of hydrogen-bond donors (Lipinski definition) is 1. The number of nitrogens with zero attached hydrogens (tertiary/aromatic N) is 1. The van der Waals surface area contributed by atoms with Gasteiger partial charge in [0.05, 0.1) is 22.5 Å². The highest BCUT2D eigenvalue weighted by molar-refractivity contribution is 6.50. The summed E-state index contributed by atoms with van der Waals surface area (Å²) in [6.07, 6.45) is 1.74. The quantitative estimate of drug-likeness (QED) is 0.666. The molecule has 0 radical (unpaired) electrons. The van der Waals surface area contributed by atoms with Crippen molar-refractivity contribution in [1.82, 2.24) is 9.97 Å². The van der Waals surface area contributed by atoms with Crippen LogP contribution in [0.1, 0.15) is 17.0 Å². The van der Waals surface area contributed by atoms with Crippen molar-refractivity contribution in [1.29, 1.82) is 0 Å². The van der Waals surface area contributed by atoms with Crippen LogP contribution in [0.15, 0.2) is 47.3 Å². The van der Waals surface area contributed by atoms with Gasteiger partial charge in [0, 0.05) is 7.11 Å². The van der Waals surface area contributed by atoms with E-state index in [9.17, 15) is 4.79 Å². The molecule has 0 amide bonds. The SMILES string of the molecule is COCCOc1cccc(/C=C(\Cl)c2nc3c(C)cccc3c(=O)[nH]2)c1. The molecule has 134 valence electrons. The molecule has 0 aliphatic carbocycles. The Morgan fingerprint density at radius 2 is 2.04 bits per heavy atom. The van der Waals surface area contributed by atoms with Gasteiger partial charge in [0.25, 0.3) is 5.56 Å². The molecule has 5 nitrogen and oxygen atoms in total. The number of nitrogens with one attached hydrogen (secondary N) is 1. The lowest BCUT2D eigenvalue weighted by Crippen LogP contribution is -2.11. The van der Waals surface area contributed by atoms with Gasteiger partial charge >= 0.3 is 0 Å². The summed E-state index contributed by atoms with van der Waals surface area (Å²) in [5.74, 6) is 1.06. The average Bonchev–Trinajstić information content (AvgIpc) is 2.63. The van der Waals surface area contributed by atoms with E-state index in [0.717, 1.165) is 16.9 Å². The van der Waals surface area contributed by atoms with Crippen LogP contribution in [-0.2, 0) is 4.74 Å². The number of rotatable bonds is 6. The summed E-state index contributed by atoms with van der Waals surface area (Å²) < 4.78 is 10.6. The second-order valence-electron chi connectivity index (χ2n) is 5.79. The van der Waals surface area contributed by atoms with Gasteiger partial charge in [-0.1, -0.05) is 35.9 Å². The average molecular weight is 371 g/mol. The van der Waals surface area contributed by atoms with Crippen molar-refractivity contribution in [3.63, 3.8) is 0 Å². The van der Waals surface area contributed by atoms with Crippen molar-refractivity contribution >= 4 is 33.6 Å². The molecule has 1 N–H and O–H groups in total. The third-order valence-corrected chi connectivity index (χ3v) is 4.16. The number of halogens is 1. The highest BCUT2D eigenvalue weighted by atomic mass is 35.5. The van der Waals surface area contributed by atoms with Crippen LogP contribution in [0.5, 0.6) is 5.75 Å². The van der Waals surface area contributed by atoms with Crippen molar-refractivity contribution in [2.24, 2.45) is 0 Å². The zero-order valence-corrected chi connectivity index (χ0v) is 15.3. The summed E-state index contributed by atoms with van der Waals surface area (Å²) in [5.41, 5.74) is 2.21. The fourth-order valence-electron chi connectivity index (χ4n) is 2.57. The number of ether oxygens (including phenoxy) is 2. The maximum absolute atomic E-state index is 12.3. The van der Waals surface area contributed by atoms with E-state index < -0.39 is 0 Å². The minimum absolute atomic E-state index is 0.211. The van der Waals surface area contributed by atoms with Crippen molar-refractivity contribution in [3.05, 3.63) is 69.8 Å². The van der Waals surface area contributed by atoms with E-state index in [1.165, 1.54) is 0 Å². The van der Waals surface area contributed by atoms with E-state index >= 15 is 0 Å². The number of fused-ring (bicyclic) bond motifs is 1. The number of aryl methyl sites for hydroxylation is 1. The van der Waals surface area contributed by atoms with Crippen LogP contribution in [0.4, 0.5) is 0 Å². The number of aromatic nitrogens is 2. The Bertz CT molecular complexity index is 1010. The number of aromatic amines is 1. The Balaban J connectivity index is 1.93. The van der Waals surface area contributed by atoms with Crippen molar-refractivity contribution in [2.75, 3.05) is 20.3 Å². The Kier molecular flexibility index (Phi) is 5.71. The highest BCUT2D eigenvalue weighted by Crippen LogP contribution is 2.23. The lowest BCUT2D eigenvalue weighted by Gasteiger charge is -2.07. The normalized spacial score (nSPS) is 11.7. The first-order chi connectivity index (χ1) is 12.6. The van der Waals surface area contributed by atoms with Crippen LogP contribution >= 0.6 is 11.6 Å². The predicted octanol–water partition coefficient (Wildman–Crippen LogP) is 3.99. The topological polar surface area (TPSA) is 64.2 Å². The molecule has 0 bridgehead atoms. The predicted molar refractivity (Wildman–Crippen MR) is 105 cm³/mol. The van der Waals surface area contributed by atoms with Gasteiger partial charge in [0.1, 0.15) is 12.4 Å². The molecule has 1 aromatic heterocycles. The minimum atomic E-state index is -0.211. The maximum Gasteiger partial charge on any atom is 0.259 e. The third-order valence-electron chi connectivity index (χ3n) is 3.87. The lowest BCUT2D eigenvalue weighted by atomic mass is 10.1. The fraction of sp³-hybridized carbons (Fsp3) is 0.200.